The summed E-state index contributed by atoms with van der Waals surface area (Å²) in [6, 6.07) is 0. The molecule has 0 amide bonds. The molecule has 0 aromatic heterocycles. The first-order chi connectivity index (χ1) is 9.68. The quantitative estimate of drug-likeness (QED) is 0.231. The Morgan fingerprint density at radius 3 is 1.38 bits per heavy atom. The van der Waals surface area contributed by atoms with E-state index in [2.05, 4.69) is 36.8 Å². The molecule has 0 saturated heterocycles. The summed E-state index contributed by atoms with van der Waals surface area (Å²) in [6.45, 7) is 8.64. The van der Waals surface area contributed by atoms with Gasteiger partial charge in [0.1, 0.15) is 0 Å². The first-order valence-electron chi connectivity index (χ1n) is 9.08. The van der Waals surface area contributed by atoms with Crippen LogP contribution in [0.15, 0.2) is 0 Å². The van der Waals surface area contributed by atoms with Gasteiger partial charge in [-0.2, -0.15) is 0 Å². The van der Waals surface area contributed by atoms with Gasteiger partial charge in [0.05, 0.1) is 32.0 Å². The van der Waals surface area contributed by atoms with Crippen molar-refractivity contribution in [1.29, 1.82) is 0 Å². The molecule has 0 aliphatic carbocycles. The van der Waals surface area contributed by atoms with Crippen LogP contribution in [0.25, 0.3) is 0 Å². The second-order valence-corrected chi connectivity index (χ2v) is 7.45. The number of nitrogens with zero attached hydrogens (tertiary/aromatic N) is 1. The van der Waals surface area contributed by atoms with Gasteiger partial charge in [-0.25, -0.2) is 0 Å². The normalized spacial score (nSPS) is 13.7. The summed E-state index contributed by atoms with van der Waals surface area (Å²) in [6.07, 6.45) is 15.6. The SMILES string of the molecule is CCCCCCCC[N+](C)(CCBr)CCCCCCC.[Cl-]. The number of hydrogen-bond acceptors (Lipinski definition) is 0. The predicted molar refractivity (Wildman–Crippen MR) is 96.7 cm³/mol. The maximum atomic E-state index is 3.65. The van der Waals surface area contributed by atoms with E-state index < -0.39 is 0 Å². The van der Waals surface area contributed by atoms with Crippen molar-refractivity contribution < 1.29 is 16.9 Å². The maximum absolute atomic E-state index is 3.65. The van der Waals surface area contributed by atoms with E-state index in [4.69, 9.17) is 0 Å². The van der Waals surface area contributed by atoms with Crippen molar-refractivity contribution in [2.45, 2.75) is 84.5 Å². The lowest BCUT2D eigenvalue weighted by molar-refractivity contribution is -0.907. The largest absolute Gasteiger partial charge is 1.00 e. The second kappa shape index (κ2) is 17.1. The molecule has 1 atom stereocenters. The molecule has 0 spiro atoms. The molecule has 1 unspecified atom stereocenters. The summed E-state index contributed by atoms with van der Waals surface area (Å²) >= 11 is 3.65. The molecular formula is C18H39BrClN. The maximum Gasteiger partial charge on any atom is 0.0883 e. The number of halogens is 2. The van der Waals surface area contributed by atoms with Gasteiger partial charge >= 0.3 is 0 Å². The Bertz CT molecular complexity index is 202. The van der Waals surface area contributed by atoms with Crippen molar-refractivity contribution in [3.63, 3.8) is 0 Å². The van der Waals surface area contributed by atoms with E-state index in [1.54, 1.807) is 0 Å². The third-order valence-electron chi connectivity index (χ3n) is 4.48. The first kappa shape index (κ1) is 24.0. The molecule has 0 aromatic carbocycles. The summed E-state index contributed by atoms with van der Waals surface area (Å²) in [5.74, 6) is 0. The number of hydrogen-bond donors (Lipinski definition) is 0. The Kier molecular flexibility index (Phi) is 19.5. The average molecular weight is 385 g/mol. The van der Waals surface area contributed by atoms with Gasteiger partial charge in [0.25, 0.3) is 0 Å². The number of quaternary nitrogens is 1. The lowest BCUT2D eigenvalue weighted by atomic mass is 10.1. The van der Waals surface area contributed by atoms with Crippen LogP contribution in [0.3, 0.4) is 0 Å². The summed E-state index contributed by atoms with van der Waals surface area (Å²) in [5.41, 5.74) is 0. The van der Waals surface area contributed by atoms with Crippen LogP contribution in [-0.2, 0) is 0 Å². The zero-order valence-electron chi connectivity index (χ0n) is 14.8. The first-order valence-corrected chi connectivity index (χ1v) is 10.2. The van der Waals surface area contributed by atoms with Gasteiger partial charge in [0.15, 0.2) is 0 Å². The lowest BCUT2D eigenvalue weighted by Crippen LogP contribution is -3.00. The van der Waals surface area contributed by atoms with Crippen LogP contribution in [0.5, 0.6) is 0 Å². The second-order valence-electron chi connectivity index (χ2n) is 6.66. The fraction of sp³-hybridized carbons (Fsp3) is 1.00. The van der Waals surface area contributed by atoms with Crippen molar-refractivity contribution in [1.82, 2.24) is 0 Å². The minimum Gasteiger partial charge on any atom is -1.00 e. The molecule has 0 aromatic rings. The minimum absolute atomic E-state index is 0. The van der Waals surface area contributed by atoms with Crippen LogP contribution in [0, 0.1) is 0 Å². The van der Waals surface area contributed by atoms with E-state index in [-0.39, 0.29) is 12.4 Å². The molecule has 0 bridgehead atoms. The summed E-state index contributed by atoms with van der Waals surface area (Å²) in [7, 11) is 2.47. The highest BCUT2D eigenvalue weighted by Gasteiger charge is 2.19. The van der Waals surface area contributed by atoms with Gasteiger partial charge in [-0.05, 0) is 25.7 Å². The van der Waals surface area contributed by atoms with Gasteiger partial charge in [-0.1, -0.05) is 74.7 Å². The Morgan fingerprint density at radius 1 is 0.619 bits per heavy atom. The predicted octanol–water partition coefficient (Wildman–Crippen LogP) is 3.16. The van der Waals surface area contributed by atoms with Crippen LogP contribution in [-0.4, -0.2) is 36.5 Å². The highest BCUT2D eigenvalue weighted by Crippen LogP contribution is 2.13. The number of unbranched alkanes of at least 4 members (excludes halogenated alkanes) is 9. The topological polar surface area (TPSA) is 0 Å². The van der Waals surface area contributed by atoms with Crippen molar-refractivity contribution >= 4 is 15.9 Å². The van der Waals surface area contributed by atoms with Gasteiger partial charge < -0.3 is 16.9 Å². The zero-order chi connectivity index (χ0) is 15.1. The summed E-state index contributed by atoms with van der Waals surface area (Å²) < 4.78 is 1.28. The number of alkyl halides is 1. The Morgan fingerprint density at radius 2 is 1.00 bits per heavy atom. The number of rotatable bonds is 15. The monoisotopic (exact) mass is 383 g/mol. The molecule has 0 aliphatic heterocycles. The molecule has 1 nitrogen and oxygen atoms in total. The fourth-order valence-electron chi connectivity index (χ4n) is 2.91. The van der Waals surface area contributed by atoms with E-state index in [1.807, 2.05) is 0 Å². The average Bonchev–Trinajstić information content (AvgIpc) is 2.43. The van der Waals surface area contributed by atoms with E-state index in [9.17, 15) is 0 Å². The van der Waals surface area contributed by atoms with Crippen molar-refractivity contribution in [2.24, 2.45) is 0 Å². The van der Waals surface area contributed by atoms with Crippen LogP contribution < -0.4 is 12.4 Å². The van der Waals surface area contributed by atoms with Crippen LogP contribution >= 0.6 is 15.9 Å². The Labute approximate surface area is 149 Å². The molecule has 0 rings (SSSR count). The van der Waals surface area contributed by atoms with E-state index in [0.29, 0.717) is 0 Å². The molecule has 0 aliphatic rings. The molecule has 0 radical (unpaired) electrons. The van der Waals surface area contributed by atoms with Gasteiger partial charge in [0, 0.05) is 0 Å². The fourth-order valence-corrected chi connectivity index (χ4v) is 3.77. The van der Waals surface area contributed by atoms with Crippen LogP contribution in [0.1, 0.15) is 84.5 Å². The van der Waals surface area contributed by atoms with Gasteiger partial charge in [-0.15, -0.1) is 0 Å². The van der Waals surface area contributed by atoms with E-state index >= 15 is 0 Å². The van der Waals surface area contributed by atoms with Crippen LogP contribution in [0.4, 0.5) is 0 Å². The molecule has 130 valence electrons. The van der Waals surface area contributed by atoms with Gasteiger partial charge in [0.2, 0.25) is 0 Å². The van der Waals surface area contributed by atoms with E-state index in [0.717, 1.165) is 5.33 Å². The summed E-state index contributed by atoms with van der Waals surface area (Å²) in [5, 5.41) is 1.15. The molecule has 21 heavy (non-hydrogen) atoms. The molecule has 0 fully saturated rings. The van der Waals surface area contributed by atoms with Crippen molar-refractivity contribution in [3.8, 4) is 0 Å². The van der Waals surface area contributed by atoms with E-state index in [1.165, 1.54) is 94.7 Å². The van der Waals surface area contributed by atoms with Crippen molar-refractivity contribution in [2.75, 3.05) is 32.0 Å². The Balaban J connectivity index is 0. The third-order valence-corrected chi connectivity index (χ3v) is 4.83. The highest BCUT2D eigenvalue weighted by atomic mass is 79.9. The highest BCUT2D eigenvalue weighted by molar-refractivity contribution is 9.09. The minimum atomic E-state index is 0. The molecule has 0 N–H and O–H groups in total. The summed E-state index contributed by atoms with van der Waals surface area (Å²) in [4.78, 5) is 0. The van der Waals surface area contributed by atoms with Crippen LogP contribution in [0.2, 0.25) is 0 Å². The molecular weight excluding hydrogens is 346 g/mol. The molecule has 0 heterocycles. The van der Waals surface area contributed by atoms with Gasteiger partial charge in [-0.3, -0.25) is 0 Å². The molecule has 0 saturated carbocycles. The lowest BCUT2D eigenvalue weighted by Gasteiger charge is -2.34. The van der Waals surface area contributed by atoms with Crippen molar-refractivity contribution in [3.05, 3.63) is 0 Å². The third kappa shape index (κ3) is 15.4. The Hall–Kier alpha value is 0.730. The zero-order valence-corrected chi connectivity index (χ0v) is 17.2. The smallest absolute Gasteiger partial charge is 0.0883 e. The standard InChI is InChI=1S/C18H39BrN.ClH/c1-4-6-8-10-12-14-17-20(3,18-15-19)16-13-11-9-7-5-2;/h4-18H2,1-3H3;1H/q+1;/p-1. The molecule has 3 heteroatoms.